The lowest BCUT2D eigenvalue weighted by Crippen LogP contribution is -2.05. The first-order chi connectivity index (χ1) is 9.20. The summed E-state index contributed by atoms with van der Waals surface area (Å²) < 4.78 is 18.7. The van der Waals surface area contributed by atoms with Crippen molar-refractivity contribution in [3.05, 3.63) is 53.9 Å². The lowest BCUT2D eigenvalue weighted by atomic mass is 10.1. The lowest BCUT2D eigenvalue weighted by Gasteiger charge is -2.10. The van der Waals surface area contributed by atoms with Crippen molar-refractivity contribution in [3.8, 4) is 5.75 Å². The predicted molar refractivity (Wildman–Crippen MR) is 66.8 cm³/mol. The molecule has 0 radical (unpaired) electrons. The Hall–Kier alpha value is -2.50. The molecular weight excluding hydrogens is 249 g/mol. The van der Waals surface area contributed by atoms with Gasteiger partial charge in [-0.15, -0.1) is 0 Å². The SMILES string of the molecule is CC(=NO)c1ccc(F)cc1OCc1ncccn1. The van der Waals surface area contributed by atoms with Gasteiger partial charge in [-0.25, -0.2) is 14.4 Å². The molecule has 0 bridgehead atoms. The molecule has 0 saturated heterocycles. The molecule has 5 nitrogen and oxygen atoms in total. The Morgan fingerprint density at radius 3 is 2.79 bits per heavy atom. The molecule has 0 amide bonds. The maximum Gasteiger partial charge on any atom is 0.166 e. The first-order valence-electron chi connectivity index (χ1n) is 5.58. The van der Waals surface area contributed by atoms with E-state index < -0.39 is 5.82 Å². The third kappa shape index (κ3) is 3.25. The lowest BCUT2D eigenvalue weighted by molar-refractivity contribution is 0.292. The molecule has 0 aliphatic rings. The normalized spacial score (nSPS) is 11.4. The summed E-state index contributed by atoms with van der Waals surface area (Å²) in [6.45, 7) is 1.70. The highest BCUT2D eigenvalue weighted by Crippen LogP contribution is 2.21. The molecule has 2 aromatic rings. The molecule has 1 aromatic carbocycles. The highest BCUT2D eigenvalue weighted by molar-refractivity contribution is 6.00. The van der Waals surface area contributed by atoms with Crippen LogP contribution in [0.2, 0.25) is 0 Å². The van der Waals surface area contributed by atoms with Gasteiger partial charge in [0.25, 0.3) is 0 Å². The van der Waals surface area contributed by atoms with Crippen molar-refractivity contribution in [2.75, 3.05) is 0 Å². The van der Waals surface area contributed by atoms with Crippen LogP contribution < -0.4 is 4.74 Å². The Balaban J connectivity index is 2.21. The van der Waals surface area contributed by atoms with E-state index in [0.717, 1.165) is 0 Å². The molecule has 0 atom stereocenters. The summed E-state index contributed by atoms with van der Waals surface area (Å²) in [4.78, 5) is 8.00. The van der Waals surface area contributed by atoms with Gasteiger partial charge in [0.05, 0.1) is 5.71 Å². The Morgan fingerprint density at radius 2 is 2.11 bits per heavy atom. The first kappa shape index (κ1) is 12.9. The van der Waals surface area contributed by atoms with E-state index in [0.29, 0.717) is 17.1 Å². The zero-order valence-corrected chi connectivity index (χ0v) is 10.2. The molecule has 1 heterocycles. The van der Waals surface area contributed by atoms with Gasteiger partial charge in [-0.05, 0) is 25.1 Å². The molecule has 19 heavy (non-hydrogen) atoms. The second-order valence-corrected chi connectivity index (χ2v) is 3.78. The van der Waals surface area contributed by atoms with Crippen LogP contribution in [0.4, 0.5) is 4.39 Å². The van der Waals surface area contributed by atoms with E-state index in [1.807, 2.05) is 0 Å². The van der Waals surface area contributed by atoms with E-state index in [1.54, 1.807) is 25.4 Å². The van der Waals surface area contributed by atoms with Crippen LogP contribution in [0.3, 0.4) is 0 Å². The van der Waals surface area contributed by atoms with Gasteiger partial charge in [0.15, 0.2) is 5.82 Å². The van der Waals surface area contributed by atoms with E-state index in [4.69, 9.17) is 9.94 Å². The first-order valence-corrected chi connectivity index (χ1v) is 5.58. The fourth-order valence-electron chi connectivity index (χ4n) is 1.52. The molecular formula is C13H12FN3O2. The smallest absolute Gasteiger partial charge is 0.166 e. The number of hydrogen-bond acceptors (Lipinski definition) is 5. The van der Waals surface area contributed by atoms with Gasteiger partial charge in [0, 0.05) is 24.0 Å². The maximum atomic E-state index is 13.2. The minimum Gasteiger partial charge on any atom is -0.485 e. The van der Waals surface area contributed by atoms with Gasteiger partial charge in [-0.2, -0.15) is 0 Å². The van der Waals surface area contributed by atoms with Crippen LogP contribution in [0.25, 0.3) is 0 Å². The minimum absolute atomic E-state index is 0.107. The summed E-state index contributed by atoms with van der Waals surface area (Å²) in [6, 6.07) is 5.69. The van der Waals surface area contributed by atoms with E-state index >= 15 is 0 Å². The Bertz CT molecular complexity index is 588. The third-order valence-electron chi connectivity index (χ3n) is 2.46. The molecule has 0 spiro atoms. The van der Waals surface area contributed by atoms with E-state index in [1.165, 1.54) is 18.2 Å². The Kier molecular flexibility index (Phi) is 4.02. The number of hydrogen-bond donors (Lipinski definition) is 1. The topological polar surface area (TPSA) is 67.6 Å². The summed E-state index contributed by atoms with van der Waals surface area (Å²) in [5.41, 5.74) is 0.851. The van der Waals surface area contributed by atoms with Gasteiger partial charge >= 0.3 is 0 Å². The number of benzene rings is 1. The van der Waals surface area contributed by atoms with Crippen LogP contribution in [-0.2, 0) is 6.61 Å². The average molecular weight is 261 g/mol. The quantitative estimate of drug-likeness (QED) is 0.521. The molecule has 0 unspecified atom stereocenters. The molecule has 2 rings (SSSR count). The fourth-order valence-corrected chi connectivity index (χ4v) is 1.52. The zero-order valence-electron chi connectivity index (χ0n) is 10.2. The molecule has 98 valence electrons. The van der Waals surface area contributed by atoms with Crippen molar-refractivity contribution < 1.29 is 14.3 Å². The summed E-state index contributed by atoms with van der Waals surface area (Å²) in [6.07, 6.45) is 3.19. The van der Waals surface area contributed by atoms with Crippen molar-refractivity contribution in [2.45, 2.75) is 13.5 Å². The van der Waals surface area contributed by atoms with Gasteiger partial charge in [-0.3, -0.25) is 0 Å². The van der Waals surface area contributed by atoms with Crippen LogP contribution in [0, 0.1) is 5.82 Å². The third-order valence-corrected chi connectivity index (χ3v) is 2.46. The van der Waals surface area contributed by atoms with Crippen LogP contribution in [0.15, 0.2) is 41.8 Å². The molecule has 1 N–H and O–H groups in total. The van der Waals surface area contributed by atoms with Crippen LogP contribution >= 0.6 is 0 Å². The summed E-state index contributed by atoms with van der Waals surface area (Å²) in [5.74, 6) is 0.331. The van der Waals surface area contributed by atoms with Crippen molar-refractivity contribution in [1.82, 2.24) is 9.97 Å². The number of aromatic nitrogens is 2. The molecule has 0 aliphatic heterocycles. The van der Waals surface area contributed by atoms with Gasteiger partial charge in [0.1, 0.15) is 18.2 Å². The number of ether oxygens (including phenoxy) is 1. The molecule has 0 aliphatic carbocycles. The second-order valence-electron chi connectivity index (χ2n) is 3.78. The van der Waals surface area contributed by atoms with Crippen molar-refractivity contribution in [1.29, 1.82) is 0 Å². The largest absolute Gasteiger partial charge is 0.485 e. The number of rotatable bonds is 4. The Morgan fingerprint density at radius 1 is 1.37 bits per heavy atom. The van der Waals surface area contributed by atoms with Crippen molar-refractivity contribution >= 4 is 5.71 Å². The van der Waals surface area contributed by atoms with E-state index in [2.05, 4.69) is 15.1 Å². The standard InChI is InChI=1S/C13H12FN3O2/c1-9(17-18)11-4-3-10(14)7-12(11)19-8-13-15-5-2-6-16-13/h2-7,18H,8H2,1H3. The summed E-state index contributed by atoms with van der Waals surface area (Å²) >= 11 is 0. The zero-order chi connectivity index (χ0) is 13.7. The minimum atomic E-state index is -0.432. The molecule has 0 saturated carbocycles. The molecule has 1 aromatic heterocycles. The molecule has 0 fully saturated rings. The Labute approximate surface area is 109 Å². The monoisotopic (exact) mass is 261 g/mol. The van der Waals surface area contributed by atoms with Gasteiger partial charge in [-0.1, -0.05) is 5.16 Å². The van der Waals surface area contributed by atoms with E-state index in [-0.39, 0.29) is 12.4 Å². The van der Waals surface area contributed by atoms with Crippen molar-refractivity contribution in [2.24, 2.45) is 5.16 Å². The van der Waals surface area contributed by atoms with Crippen molar-refractivity contribution in [3.63, 3.8) is 0 Å². The highest BCUT2D eigenvalue weighted by atomic mass is 19.1. The van der Waals surface area contributed by atoms with Crippen LogP contribution in [0.1, 0.15) is 18.3 Å². The molecule has 6 heteroatoms. The van der Waals surface area contributed by atoms with Crippen LogP contribution in [0.5, 0.6) is 5.75 Å². The second kappa shape index (κ2) is 5.90. The summed E-state index contributed by atoms with van der Waals surface area (Å²) in [5, 5.41) is 11.9. The fraction of sp³-hybridized carbons (Fsp3) is 0.154. The van der Waals surface area contributed by atoms with Gasteiger partial charge < -0.3 is 9.94 Å². The van der Waals surface area contributed by atoms with Gasteiger partial charge in [0.2, 0.25) is 0 Å². The average Bonchev–Trinajstić information content (AvgIpc) is 2.45. The predicted octanol–water partition coefficient (Wildman–Crippen LogP) is 2.39. The summed E-state index contributed by atoms with van der Waals surface area (Å²) in [7, 11) is 0. The van der Waals surface area contributed by atoms with E-state index in [9.17, 15) is 4.39 Å². The van der Waals surface area contributed by atoms with Crippen LogP contribution in [-0.4, -0.2) is 20.9 Å². The number of nitrogens with zero attached hydrogens (tertiary/aromatic N) is 3. The maximum absolute atomic E-state index is 13.2. The number of oxime groups is 1. The number of halogens is 1. The highest BCUT2D eigenvalue weighted by Gasteiger charge is 2.09.